The van der Waals surface area contributed by atoms with E-state index in [1.54, 1.807) is 19.9 Å². The summed E-state index contributed by atoms with van der Waals surface area (Å²) in [7, 11) is -2.89. The van der Waals surface area contributed by atoms with Gasteiger partial charge in [-0.05, 0) is 27.2 Å². The van der Waals surface area contributed by atoms with Crippen LogP contribution in [0.2, 0.25) is 0 Å². The van der Waals surface area contributed by atoms with Crippen LogP contribution in [0.1, 0.15) is 27.2 Å². The molecule has 80 valence electrons. The number of hydrogen-bond acceptors (Lipinski definition) is 2. The molecule has 0 saturated carbocycles. The Hall–Kier alpha value is -0.590. The molecule has 0 spiro atoms. The van der Waals surface area contributed by atoms with Crippen molar-refractivity contribution < 1.29 is 9.09 Å². The Kier molecular flexibility index (Phi) is 5.11. The first-order valence-corrected chi connectivity index (χ1v) is 6.18. The van der Waals surface area contributed by atoms with E-state index in [2.05, 4.69) is 19.7 Å². The van der Waals surface area contributed by atoms with Crippen LogP contribution in [0.25, 0.3) is 0 Å². The average molecular weight is 214 g/mol. The molecule has 0 aliphatic carbocycles. The molecule has 0 fully saturated rings. The summed E-state index contributed by atoms with van der Waals surface area (Å²) < 4.78 is 17.7. The highest BCUT2D eigenvalue weighted by Crippen LogP contribution is 2.61. The van der Waals surface area contributed by atoms with Crippen LogP contribution in [-0.2, 0) is 9.09 Å². The van der Waals surface area contributed by atoms with E-state index < -0.39 is 7.37 Å². The van der Waals surface area contributed by atoms with Crippen molar-refractivity contribution in [3.05, 3.63) is 36.4 Å². The predicted molar refractivity (Wildman–Crippen MR) is 62.6 cm³/mol. The van der Waals surface area contributed by atoms with Crippen LogP contribution in [0, 0.1) is 0 Å². The van der Waals surface area contributed by atoms with Crippen molar-refractivity contribution in [3.8, 4) is 0 Å². The lowest BCUT2D eigenvalue weighted by atomic mass is 10.3. The third-order valence-electron chi connectivity index (χ3n) is 1.83. The zero-order chi connectivity index (χ0) is 11.4. The molecule has 2 nitrogen and oxygen atoms in total. The summed E-state index contributed by atoms with van der Waals surface area (Å²) >= 11 is 0. The Labute approximate surface area is 86.8 Å². The molecular formula is C11H19O2P. The Morgan fingerprint density at radius 2 is 1.86 bits per heavy atom. The lowest BCUT2D eigenvalue weighted by Gasteiger charge is -2.22. The predicted octanol–water partition coefficient (Wildman–Crippen LogP) is 4.31. The van der Waals surface area contributed by atoms with E-state index in [0.29, 0.717) is 17.0 Å². The van der Waals surface area contributed by atoms with Crippen LogP contribution in [0.3, 0.4) is 0 Å². The first-order chi connectivity index (χ1) is 6.34. The van der Waals surface area contributed by atoms with E-state index in [1.165, 1.54) is 0 Å². The van der Waals surface area contributed by atoms with Crippen LogP contribution in [0.15, 0.2) is 36.4 Å². The third-order valence-corrected chi connectivity index (χ3v) is 4.50. The van der Waals surface area contributed by atoms with E-state index in [4.69, 9.17) is 4.52 Å². The summed E-state index contributed by atoms with van der Waals surface area (Å²) in [6.45, 7) is 16.2. The summed E-state index contributed by atoms with van der Waals surface area (Å²) in [6.07, 6.45) is 2.29. The molecule has 0 aliphatic rings. The summed E-state index contributed by atoms with van der Waals surface area (Å²) in [4.78, 5) is 0. The standard InChI is InChI=1S/C11H19O2P/c1-7-8-11(6)13-14(12,9(2)3)10(4)5/h7,11H,1-2,4,8H2,3,5-6H3. The maximum atomic E-state index is 12.2. The molecule has 0 N–H and O–H groups in total. The van der Waals surface area contributed by atoms with Crippen LogP contribution < -0.4 is 0 Å². The molecule has 3 heteroatoms. The zero-order valence-electron chi connectivity index (χ0n) is 9.25. The SMILES string of the molecule is C=CCC(C)OP(=O)(C(=C)C)C(=C)C. The van der Waals surface area contributed by atoms with Gasteiger partial charge < -0.3 is 4.52 Å². The van der Waals surface area contributed by atoms with Crippen LogP contribution in [0.5, 0.6) is 0 Å². The summed E-state index contributed by atoms with van der Waals surface area (Å²) in [5, 5.41) is 1.09. The smallest absolute Gasteiger partial charge is 0.251 e. The lowest BCUT2D eigenvalue weighted by Crippen LogP contribution is -2.05. The van der Waals surface area contributed by atoms with Crippen molar-refractivity contribution in [2.75, 3.05) is 0 Å². The van der Waals surface area contributed by atoms with E-state index >= 15 is 0 Å². The van der Waals surface area contributed by atoms with Crippen LogP contribution >= 0.6 is 7.37 Å². The fourth-order valence-corrected chi connectivity index (χ4v) is 2.64. The quantitative estimate of drug-likeness (QED) is 0.486. The minimum atomic E-state index is -2.89. The molecule has 0 aromatic heterocycles. The van der Waals surface area contributed by atoms with Gasteiger partial charge >= 0.3 is 0 Å². The molecule has 0 aromatic carbocycles. The molecule has 0 aliphatic heterocycles. The van der Waals surface area contributed by atoms with Gasteiger partial charge in [-0.15, -0.1) is 6.58 Å². The lowest BCUT2D eigenvalue weighted by molar-refractivity contribution is 0.233. The van der Waals surface area contributed by atoms with Gasteiger partial charge in [0.15, 0.2) is 0 Å². The molecule has 1 unspecified atom stereocenters. The van der Waals surface area contributed by atoms with Gasteiger partial charge in [-0.3, -0.25) is 4.57 Å². The minimum absolute atomic E-state index is 0.119. The molecule has 0 rings (SSSR count). The highest BCUT2D eigenvalue weighted by molar-refractivity contribution is 7.67. The topological polar surface area (TPSA) is 26.3 Å². The summed E-state index contributed by atoms with van der Waals surface area (Å²) in [6, 6.07) is 0. The van der Waals surface area contributed by atoms with Crippen LogP contribution in [-0.4, -0.2) is 6.10 Å². The highest BCUT2D eigenvalue weighted by atomic mass is 31.2. The van der Waals surface area contributed by atoms with Crippen molar-refractivity contribution in [1.29, 1.82) is 0 Å². The van der Waals surface area contributed by atoms with Gasteiger partial charge in [0.05, 0.1) is 6.10 Å². The largest absolute Gasteiger partial charge is 0.319 e. The van der Waals surface area contributed by atoms with Gasteiger partial charge in [0.25, 0.3) is 7.37 Å². The molecule has 0 bridgehead atoms. The second-order valence-corrected chi connectivity index (χ2v) is 6.30. The average Bonchev–Trinajstić information content (AvgIpc) is 2.03. The van der Waals surface area contributed by atoms with Crippen molar-refractivity contribution in [2.45, 2.75) is 33.3 Å². The molecule has 14 heavy (non-hydrogen) atoms. The molecule has 0 radical (unpaired) electrons. The molecular weight excluding hydrogens is 195 g/mol. The normalized spacial score (nSPS) is 13.4. The highest BCUT2D eigenvalue weighted by Gasteiger charge is 2.27. The summed E-state index contributed by atoms with van der Waals surface area (Å²) in [5.74, 6) is 0. The Balaban J connectivity index is 4.71. The van der Waals surface area contributed by atoms with Gasteiger partial charge in [0, 0.05) is 10.6 Å². The van der Waals surface area contributed by atoms with E-state index in [0.717, 1.165) is 0 Å². The summed E-state index contributed by atoms with van der Waals surface area (Å²) in [5.41, 5.74) is 0. The van der Waals surface area contributed by atoms with E-state index in [-0.39, 0.29) is 6.10 Å². The van der Waals surface area contributed by atoms with Gasteiger partial charge in [0.2, 0.25) is 0 Å². The maximum Gasteiger partial charge on any atom is 0.251 e. The van der Waals surface area contributed by atoms with Gasteiger partial charge in [0.1, 0.15) is 0 Å². The van der Waals surface area contributed by atoms with Crippen molar-refractivity contribution in [1.82, 2.24) is 0 Å². The van der Waals surface area contributed by atoms with E-state index in [1.807, 2.05) is 6.92 Å². The minimum Gasteiger partial charge on any atom is -0.319 e. The Morgan fingerprint density at radius 3 is 2.14 bits per heavy atom. The zero-order valence-corrected chi connectivity index (χ0v) is 10.1. The van der Waals surface area contributed by atoms with Crippen molar-refractivity contribution in [3.63, 3.8) is 0 Å². The fraction of sp³-hybridized carbons (Fsp3) is 0.455. The number of allylic oxidation sites excluding steroid dienone is 2. The Bertz CT molecular complexity index is 274. The van der Waals surface area contributed by atoms with Crippen molar-refractivity contribution in [2.24, 2.45) is 0 Å². The van der Waals surface area contributed by atoms with Gasteiger partial charge in [-0.25, -0.2) is 0 Å². The first kappa shape index (κ1) is 13.4. The van der Waals surface area contributed by atoms with Crippen LogP contribution in [0.4, 0.5) is 0 Å². The second-order valence-electron chi connectivity index (χ2n) is 3.46. The third kappa shape index (κ3) is 3.28. The fourth-order valence-electron chi connectivity index (χ4n) is 1.04. The molecule has 0 aromatic rings. The molecule has 1 atom stereocenters. The Morgan fingerprint density at radius 1 is 1.43 bits per heavy atom. The number of hydrogen-bond donors (Lipinski definition) is 0. The van der Waals surface area contributed by atoms with Gasteiger partial charge in [-0.2, -0.15) is 0 Å². The second kappa shape index (κ2) is 5.33. The molecule has 0 amide bonds. The van der Waals surface area contributed by atoms with E-state index in [9.17, 15) is 4.57 Å². The number of rotatable bonds is 6. The molecule has 0 saturated heterocycles. The molecule has 0 heterocycles. The maximum absolute atomic E-state index is 12.2. The van der Waals surface area contributed by atoms with Gasteiger partial charge in [-0.1, -0.05) is 19.2 Å². The first-order valence-electron chi connectivity index (χ1n) is 4.56. The monoisotopic (exact) mass is 214 g/mol. The van der Waals surface area contributed by atoms with Crippen molar-refractivity contribution >= 4 is 7.37 Å².